The molecule has 0 amide bonds. The van der Waals surface area contributed by atoms with Crippen LogP contribution in [0.2, 0.25) is 0 Å². The van der Waals surface area contributed by atoms with Gasteiger partial charge in [-0.15, -0.1) is 0 Å². The number of nitrogens with zero attached hydrogens (tertiary/aromatic N) is 1. The number of benzene rings is 3. The molecule has 1 heterocycles. The molecule has 4 nitrogen and oxygen atoms in total. The molecule has 0 fully saturated rings. The Morgan fingerprint density at radius 2 is 1.70 bits per heavy atom. The van der Waals surface area contributed by atoms with Crippen LogP contribution >= 0.6 is 0 Å². The molecule has 0 radical (unpaired) electrons. The second-order valence-corrected chi connectivity index (χ2v) is 6.52. The molecule has 1 aliphatic rings. The van der Waals surface area contributed by atoms with Gasteiger partial charge in [-0.3, -0.25) is 0 Å². The van der Waals surface area contributed by atoms with E-state index < -0.39 is 0 Å². The van der Waals surface area contributed by atoms with Gasteiger partial charge in [-0.25, -0.2) is 4.79 Å². The molecule has 1 atom stereocenters. The lowest BCUT2D eigenvalue weighted by Gasteiger charge is -2.31. The van der Waals surface area contributed by atoms with E-state index in [9.17, 15) is 4.79 Å². The van der Waals surface area contributed by atoms with Gasteiger partial charge in [-0.2, -0.15) is 0 Å². The number of carbonyl (C=O) groups is 1. The van der Waals surface area contributed by atoms with Crippen LogP contribution in [0, 0.1) is 0 Å². The van der Waals surface area contributed by atoms with E-state index in [0.29, 0.717) is 18.7 Å². The highest BCUT2D eigenvalue weighted by atomic mass is 16.5. The van der Waals surface area contributed by atoms with Crippen molar-refractivity contribution >= 4 is 11.7 Å². The Hall–Kier alpha value is -3.27. The van der Waals surface area contributed by atoms with Crippen LogP contribution in [0.15, 0.2) is 78.9 Å². The van der Waals surface area contributed by atoms with Crippen LogP contribution < -0.4 is 9.64 Å². The molecule has 0 unspecified atom stereocenters. The van der Waals surface area contributed by atoms with Crippen LogP contribution in [0.4, 0.5) is 5.69 Å². The monoisotopic (exact) mass is 359 g/mol. The maximum absolute atomic E-state index is 11.9. The molecule has 0 spiro atoms. The van der Waals surface area contributed by atoms with Crippen LogP contribution in [-0.2, 0) is 11.3 Å². The fourth-order valence-corrected chi connectivity index (χ4v) is 3.46. The van der Waals surface area contributed by atoms with Crippen molar-refractivity contribution in [3.05, 3.63) is 95.6 Å². The summed E-state index contributed by atoms with van der Waals surface area (Å²) in [4.78, 5) is 14.2. The van der Waals surface area contributed by atoms with Gasteiger partial charge in [-0.1, -0.05) is 54.6 Å². The highest BCUT2D eigenvalue weighted by Crippen LogP contribution is 2.35. The summed E-state index contributed by atoms with van der Waals surface area (Å²) in [6.45, 7) is 1.19. The molecule has 3 aromatic rings. The van der Waals surface area contributed by atoms with Gasteiger partial charge in [0, 0.05) is 17.8 Å². The first-order valence-corrected chi connectivity index (χ1v) is 8.97. The molecule has 0 saturated carbocycles. The summed E-state index contributed by atoms with van der Waals surface area (Å²) in [7, 11) is 1.39. The van der Waals surface area contributed by atoms with Gasteiger partial charge in [0.1, 0.15) is 12.4 Å². The standard InChI is InChI=1S/C23H21NO3/c1-26-23(25)18-12-13-19-15-24(20-10-6-3-7-11-20)21(16-27-22(19)14-18)17-8-4-2-5-9-17/h2-14,21H,15-16H2,1H3/t21-/m1/s1. The van der Waals surface area contributed by atoms with Gasteiger partial charge >= 0.3 is 5.97 Å². The minimum Gasteiger partial charge on any atom is -0.491 e. The predicted molar refractivity (Wildman–Crippen MR) is 105 cm³/mol. The first-order valence-electron chi connectivity index (χ1n) is 8.97. The molecule has 0 bridgehead atoms. The number of hydrogen-bond acceptors (Lipinski definition) is 4. The molecule has 3 aromatic carbocycles. The van der Waals surface area contributed by atoms with Crippen LogP contribution in [0.5, 0.6) is 5.75 Å². The Morgan fingerprint density at radius 1 is 1.00 bits per heavy atom. The molecular formula is C23H21NO3. The molecular weight excluding hydrogens is 338 g/mol. The second kappa shape index (κ2) is 7.54. The summed E-state index contributed by atoms with van der Waals surface area (Å²) in [5, 5.41) is 0. The SMILES string of the molecule is COC(=O)c1ccc2c(c1)OC[C@H](c1ccccc1)N(c1ccccc1)C2. The lowest BCUT2D eigenvalue weighted by atomic mass is 10.0. The van der Waals surface area contributed by atoms with Gasteiger partial charge in [-0.05, 0) is 29.8 Å². The molecule has 0 saturated heterocycles. The van der Waals surface area contributed by atoms with E-state index in [1.54, 1.807) is 12.1 Å². The van der Waals surface area contributed by atoms with E-state index >= 15 is 0 Å². The minimum absolute atomic E-state index is 0.0718. The van der Waals surface area contributed by atoms with Crippen LogP contribution in [0.3, 0.4) is 0 Å². The largest absolute Gasteiger partial charge is 0.491 e. The van der Waals surface area contributed by atoms with E-state index in [-0.39, 0.29) is 12.0 Å². The van der Waals surface area contributed by atoms with Crippen molar-refractivity contribution in [3.8, 4) is 5.75 Å². The van der Waals surface area contributed by atoms with Gasteiger partial charge in [0.05, 0.1) is 18.7 Å². The first kappa shape index (κ1) is 17.2. The third-order valence-electron chi connectivity index (χ3n) is 4.87. The topological polar surface area (TPSA) is 38.8 Å². The zero-order chi connectivity index (χ0) is 18.6. The van der Waals surface area contributed by atoms with Crippen LogP contribution in [0.1, 0.15) is 27.5 Å². The number of methoxy groups -OCH3 is 1. The van der Waals surface area contributed by atoms with Crippen molar-refractivity contribution in [1.82, 2.24) is 0 Å². The number of esters is 1. The van der Waals surface area contributed by atoms with Gasteiger partial charge in [0.15, 0.2) is 0 Å². The average Bonchev–Trinajstić information content (AvgIpc) is 2.93. The van der Waals surface area contributed by atoms with Crippen molar-refractivity contribution in [3.63, 3.8) is 0 Å². The van der Waals surface area contributed by atoms with E-state index in [1.807, 2.05) is 42.5 Å². The molecule has 136 valence electrons. The zero-order valence-corrected chi connectivity index (χ0v) is 15.2. The maximum atomic E-state index is 11.9. The highest BCUT2D eigenvalue weighted by molar-refractivity contribution is 5.90. The highest BCUT2D eigenvalue weighted by Gasteiger charge is 2.27. The molecule has 0 aromatic heterocycles. The molecule has 27 heavy (non-hydrogen) atoms. The van der Waals surface area contributed by atoms with Crippen molar-refractivity contribution in [1.29, 1.82) is 0 Å². The number of carbonyl (C=O) groups excluding carboxylic acids is 1. The summed E-state index contributed by atoms with van der Waals surface area (Å²) in [6, 6.07) is 26.3. The van der Waals surface area contributed by atoms with Crippen molar-refractivity contribution in [2.24, 2.45) is 0 Å². The maximum Gasteiger partial charge on any atom is 0.337 e. The summed E-state index contributed by atoms with van der Waals surface area (Å²) in [5.41, 5.74) is 3.88. The third-order valence-corrected chi connectivity index (χ3v) is 4.87. The lowest BCUT2D eigenvalue weighted by Crippen LogP contribution is -2.30. The summed E-state index contributed by atoms with van der Waals surface area (Å²) in [6.07, 6.45) is 0. The summed E-state index contributed by atoms with van der Waals surface area (Å²) < 4.78 is 11.0. The lowest BCUT2D eigenvalue weighted by molar-refractivity contribution is 0.0600. The fraction of sp³-hybridized carbons (Fsp3) is 0.174. The number of rotatable bonds is 3. The smallest absolute Gasteiger partial charge is 0.337 e. The number of para-hydroxylation sites is 1. The summed E-state index contributed by atoms with van der Waals surface area (Å²) in [5.74, 6) is 0.377. The quantitative estimate of drug-likeness (QED) is 0.640. The van der Waals surface area contributed by atoms with Gasteiger partial charge < -0.3 is 14.4 Å². The minimum atomic E-state index is -0.356. The van der Waals surface area contributed by atoms with Crippen LogP contribution in [-0.4, -0.2) is 19.7 Å². The summed E-state index contributed by atoms with van der Waals surface area (Å²) >= 11 is 0. The molecule has 4 heteroatoms. The van der Waals surface area contributed by atoms with E-state index in [2.05, 4.69) is 29.2 Å². The molecule has 0 N–H and O–H groups in total. The van der Waals surface area contributed by atoms with Gasteiger partial charge in [0.2, 0.25) is 0 Å². The number of hydrogen-bond donors (Lipinski definition) is 0. The average molecular weight is 359 g/mol. The number of fused-ring (bicyclic) bond motifs is 1. The van der Waals surface area contributed by atoms with E-state index in [4.69, 9.17) is 9.47 Å². The van der Waals surface area contributed by atoms with Crippen molar-refractivity contribution in [2.45, 2.75) is 12.6 Å². The Kier molecular flexibility index (Phi) is 4.79. The fourth-order valence-electron chi connectivity index (χ4n) is 3.46. The van der Waals surface area contributed by atoms with E-state index in [1.165, 1.54) is 12.7 Å². The predicted octanol–water partition coefficient (Wildman–Crippen LogP) is 4.61. The second-order valence-electron chi connectivity index (χ2n) is 6.52. The Balaban J connectivity index is 1.75. The number of ether oxygens (including phenoxy) is 2. The normalized spacial score (nSPS) is 16.0. The zero-order valence-electron chi connectivity index (χ0n) is 15.2. The molecule has 0 aliphatic carbocycles. The Morgan fingerprint density at radius 3 is 2.41 bits per heavy atom. The van der Waals surface area contributed by atoms with Crippen LogP contribution in [0.25, 0.3) is 0 Å². The van der Waals surface area contributed by atoms with E-state index in [0.717, 1.165) is 17.0 Å². The number of anilines is 1. The molecule has 1 aliphatic heterocycles. The van der Waals surface area contributed by atoms with Gasteiger partial charge in [0.25, 0.3) is 0 Å². The Bertz CT molecular complexity index is 925. The Labute approximate surface area is 159 Å². The van der Waals surface area contributed by atoms with Crippen molar-refractivity contribution in [2.75, 3.05) is 18.6 Å². The first-order chi connectivity index (χ1) is 13.3. The molecule has 4 rings (SSSR count). The van der Waals surface area contributed by atoms with Crippen molar-refractivity contribution < 1.29 is 14.3 Å². The third kappa shape index (κ3) is 3.51.